The lowest BCUT2D eigenvalue weighted by Gasteiger charge is -2.30. The monoisotopic (exact) mass is 297 g/mol. The first-order chi connectivity index (χ1) is 9.08. The summed E-state index contributed by atoms with van der Waals surface area (Å²) in [6.45, 7) is 3.84. The van der Waals surface area contributed by atoms with E-state index in [0.29, 0.717) is 21.5 Å². The molecule has 0 aliphatic carbocycles. The van der Waals surface area contributed by atoms with Gasteiger partial charge < -0.3 is 4.90 Å². The lowest BCUT2D eigenvalue weighted by molar-refractivity contribution is -0.127. The van der Waals surface area contributed by atoms with Crippen LogP contribution in [0.3, 0.4) is 0 Å². The second-order valence-electron chi connectivity index (χ2n) is 5.00. The summed E-state index contributed by atoms with van der Waals surface area (Å²) in [6, 6.07) is 5.32. The van der Waals surface area contributed by atoms with E-state index in [1.807, 2.05) is 4.90 Å². The van der Waals surface area contributed by atoms with Gasteiger partial charge in [-0.1, -0.05) is 36.2 Å². The van der Waals surface area contributed by atoms with Crippen molar-refractivity contribution in [2.24, 2.45) is 5.92 Å². The Hall–Kier alpha value is -0.990. The van der Waals surface area contributed by atoms with Crippen molar-refractivity contribution < 1.29 is 4.79 Å². The number of amides is 1. The number of benzene rings is 1. The summed E-state index contributed by atoms with van der Waals surface area (Å²) in [5, 5.41) is 1.12. The van der Waals surface area contributed by atoms with E-state index in [9.17, 15) is 4.79 Å². The highest BCUT2D eigenvalue weighted by Crippen LogP contribution is 2.25. The van der Waals surface area contributed by atoms with Crippen LogP contribution in [-0.2, 0) is 4.79 Å². The van der Waals surface area contributed by atoms with Gasteiger partial charge in [0, 0.05) is 34.8 Å². The molecule has 1 atom stereocenters. The van der Waals surface area contributed by atoms with Gasteiger partial charge >= 0.3 is 0 Å². The number of rotatable bonds is 2. The smallest absolute Gasteiger partial charge is 0.246 e. The van der Waals surface area contributed by atoms with E-state index in [2.05, 4.69) is 6.92 Å². The summed E-state index contributed by atoms with van der Waals surface area (Å²) in [4.78, 5) is 14.0. The molecule has 0 bridgehead atoms. The summed E-state index contributed by atoms with van der Waals surface area (Å²) < 4.78 is 0. The van der Waals surface area contributed by atoms with Crippen LogP contribution in [-0.4, -0.2) is 23.9 Å². The SMILES string of the molecule is CC1CCCN(C(=O)/C=C/c2c(Cl)cccc2Cl)C1. The first kappa shape index (κ1) is 14.4. The second kappa shape index (κ2) is 6.44. The molecule has 102 valence electrons. The zero-order valence-electron chi connectivity index (χ0n) is 10.9. The van der Waals surface area contributed by atoms with Crippen LogP contribution in [0.1, 0.15) is 25.3 Å². The lowest BCUT2D eigenvalue weighted by Crippen LogP contribution is -2.38. The van der Waals surface area contributed by atoms with Gasteiger partial charge in [-0.25, -0.2) is 0 Å². The number of likely N-dealkylation sites (tertiary alicyclic amines) is 1. The molecule has 1 fully saturated rings. The maximum absolute atomic E-state index is 12.1. The highest BCUT2D eigenvalue weighted by molar-refractivity contribution is 6.37. The number of hydrogen-bond donors (Lipinski definition) is 0. The van der Waals surface area contributed by atoms with Gasteiger partial charge in [-0.3, -0.25) is 4.79 Å². The van der Waals surface area contributed by atoms with Gasteiger partial charge in [-0.15, -0.1) is 0 Å². The van der Waals surface area contributed by atoms with Crippen LogP contribution in [0.4, 0.5) is 0 Å². The van der Waals surface area contributed by atoms with E-state index >= 15 is 0 Å². The Morgan fingerprint density at radius 3 is 2.68 bits per heavy atom. The molecule has 4 heteroatoms. The first-order valence-electron chi connectivity index (χ1n) is 6.49. The number of piperidine rings is 1. The third kappa shape index (κ3) is 3.74. The Balaban J connectivity index is 2.08. The Labute approximate surface area is 124 Å². The number of carbonyl (C=O) groups excluding carboxylic acids is 1. The van der Waals surface area contributed by atoms with Crippen LogP contribution < -0.4 is 0 Å². The van der Waals surface area contributed by atoms with E-state index in [1.165, 1.54) is 6.42 Å². The largest absolute Gasteiger partial charge is 0.339 e. The van der Waals surface area contributed by atoms with Gasteiger partial charge in [0.1, 0.15) is 0 Å². The van der Waals surface area contributed by atoms with E-state index in [4.69, 9.17) is 23.2 Å². The minimum absolute atomic E-state index is 0.0301. The molecule has 1 unspecified atom stereocenters. The summed E-state index contributed by atoms with van der Waals surface area (Å²) in [7, 11) is 0. The van der Waals surface area contributed by atoms with Gasteiger partial charge in [0.05, 0.1) is 0 Å². The highest BCUT2D eigenvalue weighted by Gasteiger charge is 2.19. The molecule has 0 radical (unpaired) electrons. The standard InChI is InChI=1S/C15H17Cl2NO/c1-11-4-3-9-18(10-11)15(19)8-7-12-13(16)5-2-6-14(12)17/h2,5-8,11H,3-4,9-10H2,1H3/b8-7+. The summed E-state index contributed by atoms with van der Waals surface area (Å²) >= 11 is 12.1. The normalized spacial score (nSPS) is 19.9. The van der Waals surface area contributed by atoms with Crippen molar-refractivity contribution in [3.8, 4) is 0 Å². The average molecular weight is 298 g/mol. The molecule has 1 aliphatic heterocycles. The van der Waals surface area contributed by atoms with Gasteiger partial charge in [0.25, 0.3) is 0 Å². The van der Waals surface area contributed by atoms with E-state index in [0.717, 1.165) is 19.5 Å². The first-order valence-corrected chi connectivity index (χ1v) is 7.24. The molecule has 0 saturated carbocycles. The maximum Gasteiger partial charge on any atom is 0.246 e. The van der Waals surface area contributed by atoms with Crippen molar-refractivity contribution in [2.75, 3.05) is 13.1 Å². The van der Waals surface area contributed by atoms with Crippen LogP contribution >= 0.6 is 23.2 Å². The van der Waals surface area contributed by atoms with E-state index in [-0.39, 0.29) is 5.91 Å². The number of carbonyl (C=O) groups is 1. The molecule has 2 rings (SSSR count). The Morgan fingerprint density at radius 1 is 1.37 bits per heavy atom. The van der Waals surface area contributed by atoms with Crippen LogP contribution in [0.25, 0.3) is 6.08 Å². The fourth-order valence-electron chi connectivity index (χ4n) is 2.32. The number of halogens is 2. The van der Waals surface area contributed by atoms with Crippen LogP contribution in [0, 0.1) is 5.92 Å². The summed E-state index contributed by atoms with van der Waals surface area (Å²) in [5.74, 6) is 0.609. The molecule has 1 aromatic rings. The minimum atomic E-state index is 0.0301. The summed E-state index contributed by atoms with van der Waals surface area (Å²) in [5.41, 5.74) is 0.698. The Morgan fingerprint density at radius 2 is 2.05 bits per heavy atom. The lowest BCUT2D eigenvalue weighted by atomic mass is 10.0. The predicted octanol–water partition coefficient (Wildman–Crippen LogP) is 4.27. The van der Waals surface area contributed by atoms with E-state index in [1.54, 1.807) is 30.4 Å². The molecular formula is C15H17Cl2NO. The third-order valence-electron chi connectivity index (χ3n) is 3.36. The minimum Gasteiger partial charge on any atom is -0.339 e. The topological polar surface area (TPSA) is 20.3 Å². The molecule has 0 N–H and O–H groups in total. The molecule has 1 aliphatic rings. The van der Waals surface area contributed by atoms with Crippen molar-refractivity contribution in [3.05, 3.63) is 39.9 Å². The molecule has 1 aromatic carbocycles. The molecule has 19 heavy (non-hydrogen) atoms. The third-order valence-corrected chi connectivity index (χ3v) is 4.02. The van der Waals surface area contributed by atoms with Crippen molar-refractivity contribution in [1.82, 2.24) is 4.90 Å². The van der Waals surface area contributed by atoms with Gasteiger partial charge in [0.15, 0.2) is 0 Å². The number of nitrogens with zero attached hydrogens (tertiary/aromatic N) is 1. The molecule has 0 spiro atoms. The van der Waals surface area contributed by atoms with E-state index < -0.39 is 0 Å². The van der Waals surface area contributed by atoms with Crippen LogP contribution in [0.2, 0.25) is 10.0 Å². The fourth-order valence-corrected chi connectivity index (χ4v) is 2.84. The zero-order chi connectivity index (χ0) is 13.8. The number of hydrogen-bond acceptors (Lipinski definition) is 1. The summed E-state index contributed by atoms with van der Waals surface area (Å²) in [6.07, 6.45) is 5.54. The zero-order valence-corrected chi connectivity index (χ0v) is 12.4. The molecular weight excluding hydrogens is 281 g/mol. The van der Waals surface area contributed by atoms with Crippen molar-refractivity contribution >= 4 is 35.2 Å². The molecule has 0 aromatic heterocycles. The highest BCUT2D eigenvalue weighted by atomic mass is 35.5. The predicted molar refractivity (Wildman–Crippen MR) is 80.5 cm³/mol. The van der Waals surface area contributed by atoms with Crippen LogP contribution in [0.15, 0.2) is 24.3 Å². The van der Waals surface area contributed by atoms with Crippen molar-refractivity contribution in [3.63, 3.8) is 0 Å². The second-order valence-corrected chi connectivity index (χ2v) is 5.81. The molecule has 1 saturated heterocycles. The molecule has 2 nitrogen and oxygen atoms in total. The van der Waals surface area contributed by atoms with Gasteiger partial charge in [0.2, 0.25) is 5.91 Å². The molecule has 1 heterocycles. The van der Waals surface area contributed by atoms with Crippen LogP contribution in [0.5, 0.6) is 0 Å². The van der Waals surface area contributed by atoms with Crippen molar-refractivity contribution in [1.29, 1.82) is 0 Å². The quantitative estimate of drug-likeness (QED) is 0.747. The van der Waals surface area contributed by atoms with Crippen molar-refractivity contribution in [2.45, 2.75) is 19.8 Å². The van der Waals surface area contributed by atoms with Gasteiger partial charge in [-0.05, 0) is 37.0 Å². The van der Waals surface area contributed by atoms with Gasteiger partial charge in [-0.2, -0.15) is 0 Å². The Bertz CT molecular complexity index is 479. The molecule has 1 amide bonds. The fraction of sp³-hybridized carbons (Fsp3) is 0.400. The maximum atomic E-state index is 12.1. The average Bonchev–Trinajstić information content (AvgIpc) is 2.38. The Kier molecular flexibility index (Phi) is 4.89.